The lowest BCUT2D eigenvalue weighted by Gasteiger charge is -2.20. The van der Waals surface area contributed by atoms with Gasteiger partial charge in [0.1, 0.15) is 17.1 Å². The number of rotatable bonds is 6. The predicted molar refractivity (Wildman–Crippen MR) is 112 cm³/mol. The number of halogens is 5. The van der Waals surface area contributed by atoms with Crippen LogP contribution in [0.2, 0.25) is 10.0 Å². The minimum absolute atomic E-state index is 0.0203. The van der Waals surface area contributed by atoms with Gasteiger partial charge < -0.3 is 19.1 Å². The largest absolute Gasteiger partial charge is 0.573 e. The predicted octanol–water partition coefficient (Wildman–Crippen LogP) is 6.23. The van der Waals surface area contributed by atoms with Gasteiger partial charge in [0.05, 0.1) is 15.7 Å². The molecule has 0 aliphatic carbocycles. The molecule has 6 nitrogen and oxygen atoms in total. The van der Waals surface area contributed by atoms with Crippen molar-refractivity contribution in [2.75, 3.05) is 0 Å². The molecule has 0 saturated heterocycles. The maximum absolute atomic E-state index is 12.6. The molecule has 0 saturated carbocycles. The highest BCUT2D eigenvalue weighted by Crippen LogP contribution is 2.33. The average Bonchev–Trinajstić information content (AvgIpc) is 2.69. The highest BCUT2D eigenvalue weighted by Gasteiger charge is 2.31. The topological polar surface area (TPSA) is 77.8 Å². The van der Waals surface area contributed by atoms with Crippen LogP contribution in [0.3, 0.4) is 0 Å². The number of carboxylic acid groups (broad SMARTS) is 1. The van der Waals surface area contributed by atoms with Gasteiger partial charge in [0.2, 0.25) is 11.3 Å². The van der Waals surface area contributed by atoms with E-state index in [4.69, 9.17) is 27.9 Å². The third-order valence-electron chi connectivity index (χ3n) is 4.28. The van der Waals surface area contributed by atoms with E-state index >= 15 is 0 Å². The van der Waals surface area contributed by atoms with Crippen molar-refractivity contribution in [2.45, 2.75) is 19.8 Å². The Hall–Kier alpha value is -3.17. The van der Waals surface area contributed by atoms with Crippen molar-refractivity contribution in [3.63, 3.8) is 0 Å². The van der Waals surface area contributed by atoms with Crippen LogP contribution in [0.15, 0.2) is 53.3 Å². The van der Waals surface area contributed by atoms with E-state index in [1.165, 1.54) is 34.9 Å². The van der Waals surface area contributed by atoms with Crippen LogP contribution < -0.4 is 14.9 Å². The Morgan fingerprint density at radius 3 is 2.19 bits per heavy atom. The van der Waals surface area contributed by atoms with Crippen molar-refractivity contribution in [3.8, 4) is 28.6 Å². The maximum atomic E-state index is 12.6. The number of carboxylic acids is 1. The maximum Gasteiger partial charge on any atom is 0.573 e. The third kappa shape index (κ3) is 5.17. The van der Waals surface area contributed by atoms with E-state index in [2.05, 4.69) is 4.74 Å². The van der Waals surface area contributed by atoms with Gasteiger partial charge in [-0.15, -0.1) is 13.2 Å². The average molecular weight is 488 g/mol. The van der Waals surface area contributed by atoms with Gasteiger partial charge in [-0.05, 0) is 43.3 Å². The van der Waals surface area contributed by atoms with E-state index in [-0.39, 0.29) is 33.9 Å². The molecule has 0 aliphatic rings. The van der Waals surface area contributed by atoms with Crippen molar-refractivity contribution in [1.29, 1.82) is 0 Å². The first-order chi connectivity index (χ1) is 15.0. The minimum atomic E-state index is -4.84. The second kappa shape index (κ2) is 9.13. The number of hydrogen-bond acceptors (Lipinski definition) is 4. The summed E-state index contributed by atoms with van der Waals surface area (Å²) in [6.45, 7) is 1.89. The normalized spacial score (nSPS) is 11.3. The molecule has 168 valence electrons. The molecular formula is C21H14Cl2F3NO5. The van der Waals surface area contributed by atoms with Crippen LogP contribution in [0.25, 0.3) is 11.3 Å². The molecule has 3 aromatic rings. The second-order valence-corrected chi connectivity index (χ2v) is 7.18. The Bertz CT molecular complexity index is 1220. The van der Waals surface area contributed by atoms with E-state index in [0.29, 0.717) is 5.56 Å². The number of hydrogen-bond donors (Lipinski definition) is 1. The van der Waals surface area contributed by atoms with Crippen LogP contribution in [0.4, 0.5) is 13.2 Å². The van der Waals surface area contributed by atoms with Crippen LogP contribution in [-0.4, -0.2) is 22.0 Å². The monoisotopic (exact) mass is 487 g/mol. The number of carbonyl (C=O) groups is 1. The van der Waals surface area contributed by atoms with Gasteiger partial charge in [-0.2, -0.15) is 0 Å². The molecule has 1 aromatic heterocycles. The molecule has 11 heteroatoms. The number of aromatic carboxylic acids is 1. The smallest absolute Gasteiger partial charge is 0.477 e. The van der Waals surface area contributed by atoms with Gasteiger partial charge in [0, 0.05) is 18.2 Å². The molecular weight excluding hydrogens is 474 g/mol. The lowest BCUT2D eigenvalue weighted by atomic mass is 10.0. The van der Waals surface area contributed by atoms with Crippen LogP contribution in [0.5, 0.6) is 17.4 Å². The summed E-state index contributed by atoms with van der Waals surface area (Å²) in [6, 6.07) is 9.91. The fourth-order valence-electron chi connectivity index (χ4n) is 3.00. The molecule has 2 aromatic carbocycles. The Morgan fingerprint density at radius 2 is 1.66 bits per heavy atom. The number of nitrogens with zero attached hydrogens (tertiary/aromatic N) is 1. The van der Waals surface area contributed by atoms with Crippen molar-refractivity contribution in [2.24, 2.45) is 0 Å². The van der Waals surface area contributed by atoms with E-state index in [1.807, 2.05) is 0 Å². The molecule has 0 amide bonds. The summed E-state index contributed by atoms with van der Waals surface area (Å²) in [5.74, 6) is -1.81. The summed E-state index contributed by atoms with van der Waals surface area (Å²) in [5, 5.41) is 10.0. The standard InChI is InChI=1S/C21H14Cl2F3NO5/c1-2-27-17(31-12-4-6-13(7-5-12)32-21(24,25)26)10-16(28)18(20(29)30)19(27)11-3-8-14(22)15(23)9-11/h3-10H,2H2,1H3,(H,29,30). The van der Waals surface area contributed by atoms with Gasteiger partial charge in [-0.3, -0.25) is 4.79 Å². The van der Waals surface area contributed by atoms with Crippen molar-refractivity contribution < 1.29 is 32.5 Å². The van der Waals surface area contributed by atoms with Gasteiger partial charge in [-0.1, -0.05) is 29.3 Å². The summed E-state index contributed by atoms with van der Waals surface area (Å²) in [4.78, 5) is 24.5. The Kier molecular flexibility index (Phi) is 6.71. The lowest BCUT2D eigenvalue weighted by Crippen LogP contribution is -2.21. The molecule has 0 bridgehead atoms. The quantitative estimate of drug-likeness (QED) is 0.445. The summed E-state index contributed by atoms with van der Waals surface area (Å²) in [5.41, 5.74) is -0.963. The molecule has 0 aliphatic heterocycles. The summed E-state index contributed by atoms with van der Waals surface area (Å²) < 4.78 is 47.9. The zero-order valence-electron chi connectivity index (χ0n) is 16.2. The summed E-state index contributed by atoms with van der Waals surface area (Å²) in [7, 11) is 0. The van der Waals surface area contributed by atoms with Crippen LogP contribution in [-0.2, 0) is 6.54 Å². The number of pyridine rings is 1. The summed E-state index contributed by atoms with van der Waals surface area (Å²) in [6.07, 6.45) is -4.84. The van der Waals surface area contributed by atoms with Crippen molar-refractivity contribution in [3.05, 3.63) is 74.4 Å². The first-order valence-electron chi connectivity index (χ1n) is 9.00. The molecule has 0 spiro atoms. The molecule has 0 unspecified atom stereocenters. The molecule has 1 heterocycles. The van der Waals surface area contributed by atoms with E-state index in [1.54, 1.807) is 6.92 Å². The van der Waals surface area contributed by atoms with Crippen LogP contribution in [0, 0.1) is 0 Å². The highest BCUT2D eigenvalue weighted by atomic mass is 35.5. The van der Waals surface area contributed by atoms with Gasteiger partial charge in [0.15, 0.2) is 0 Å². The van der Waals surface area contributed by atoms with Crippen molar-refractivity contribution in [1.82, 2.24) is 4.57 Å². The van der Waals surface area contributed by atoms with Gasteiger partial charge in [0.25, 0.3) is 0 Å². The third-order valence-corrected chi connectivity index (χ3v) is 5.02. The van der Waals surface area contributed by atoms with Crippen LogP contribution in [0.1, 0.15) is 17.3 Å². The van der Waals surface area contributed by atoms with E-state index in [0.717, 1.165) is 18.2 Å². The number of benzene rings is 2. The number of ether oxygens (including phenoxy) is 2. The molecule has 1 N–H and O–H groups in total. The Morgan fingerprint density at radius 1 is 1.03 bits per heavy atom. The Labute approximate surface area is 189 Å². The molecule has 3 rings (SSSR count). The zero-order chi connectivity index (χ0) is 23.6. The van der Waals surface area contributed by atoms with Gasteiger partial charge >= 0.3 is 12.3 Å². The fourth-order valence-corrected chi connectivity index (χ4v) is 3.30. The van der Waals surface area contributed by atoms with Gasteiger partial charge in [-0.25, -0.2) is 4.79 Å². The number of aromatic nitrogens is 1. The number of alkyl halides is 3. The fraction of sp³-hybridized carbons (Fsp3) is 0.143. The summed E-state index contributed by atoms with van der Waals surface area (Å²) >= 11 is 12.0. The highest BCUT2D eigenvalue weighted by molar-refractivity contribution is 6.42. The molecule has 32 heavy (non-hydrogen) atoms. The van der Waals surface area contributed by atoms with Crippen LogP contribution >= 0.6 is 23.2 Å². The van der Waals surface area contributed by atoms with Crippen molar-refractivity contribution >= 4 is 29.2 Å². The van der Waals surface area contributed by atoms with E-state index < -0.39 is 29.1 Å². The lowest BCUT2D eigenvalue weighted by molar-refractivity contribution is -0.274. The first-order valence-corrected chi connectivity index (χ1v) is 9.76. The minimum Gasteiger partial charge on any atom is -0.477 e. The molecule has 0 atom stereocenters. The Balaban J connectivity index is 2.11. The first kappa shape index (κ1) is 23.5. The molecule has 0 radical (unpaired) electrons. The zero-order valence-corrected chi connectivity index (χ0v) is 17.8. The second-order valence-electron chi connectivity index (χ2n) is 6.37. The SMILES string of the molecule is CCn1c(Oc2ccc(OC(F)(F)F)cc2)cc(=O)c(C(=O)O)c1-c1ccc(Cl)c(Cl)c1. The molecule has 0 fully saturated rings. The van der Waals surface area contributed by atoms with E-state index in [9.17, 15) is 27.9 Å².